The summed E-state index contributed by atoms with van der Waals surface area (Å²) in [5, 5.41) is 3.20. The van der Waals surface area contributed by atoms with Gasteiger partial charge in [-0.1, -0.05) is 12.1 Å². The zero-order valence-corrected chi connectivity index (χ0v) is 18.0. The van der Waals surface area contributed by atoms with Gasteiger partial charge in [-0.15, -0.1) is 0 Å². The normalized spacial score (nSPS) is 21.4. The highest BCUT2D eigenvalue weighted by Gasteiger charge is 2.41. The summed E-state index contributed by atoms with van der Waals surface area (Å²) >= 11 is 0. The Morgan fingerprint density at radius 1 is 0.912 bits per heavy atom. The number of carbonyl (C=O) groups is 1. The summed E-state index contributed by atoms with van der Waals surface area (Å²) in [6, 6.07) is 7.00. The number of carbonyl (C=O) groups excluding carboxylic acids is 1. The summed E-state index contributed by atoms with van der Waals surface area (Å²) in [6.45, 7) is 0.674. The predicted molar refractivity (Wildman–Crippen MR) is 110 cm³/mol. The lowest BCUT2D eigenvalue weighted by Gasteiger charge is -2.36. The van der Waals surface area contributed by atoms with E-state index in [-0.39, 0.29) is 36.0 Å². The molecule has 2 aliphatic rings. The minimum absolute atomic E-state index is 0.0875. The molecule has 2 aromatic carbocycles. The van der Waals surface area contributed by atoms with Gasteiger partial charge in [0.1, 0.15) is 5.82 Å². The molecule has 1 amide bonds. The Labute approximate surface area is 191 Å². The standard InChI is InChI=1S/C24H23F7N2O/c25-18-3-1-15(2-4-18)21-12-32-8-7-20(21)22(34)33(19-5-6-19)13-14-9-16(23(26,27)28)11-17(10-14)24(29,30)31/h1-4,9-11,19-21,32H,5-8,12-13H2/t20-,21-/m0/s1. The van der Waals surface area contributed by atoms with Gasteiger partial charge in [0.15, 0.2) is 0 Å². The number of hydrogen-bond donors (Lipinski definition) is 1. The third-order valence-electron chi connectivity index (χ3n) is 6.37. The molecule has 2 aromatic rings. The molecule has 1 heterocycles. The molecule has 0 spiro atoms. The Kier molecular flexibility index (Phi) is 6.63. The molecule has 1 saturated carbocycles. The van der Waals surface area contributed by atoms with Crippen molar-refractivity contribution in [2.75, 3.05) is 13.1 Å². The Morgan fingerprint density at radius 2 is 1.50 bits per heavy atom. The lowest BCUT2D eigenvalue weighted by Crippen LogP contribution is -2.45. The van der Waals surface area contributed by atoms with Gasteiger partial charge in [-0.05, 0) is 67.3 Å². The van der Waals surface area contributed by atoms with Gasteiger partial charge in [0.2, 0.25) is 5.91 Å². The minimum atomic E-state index is -4.95. The molecule has 2 atom stereocenters. The van der Waals surface area contributed by atoms with Gasteiger partial charge in [-0.25, -0.2) is 4.39 Å². The van der Waals surface area contributed by atoms with Crippen LogP contribution in [0.3, 0.4) is 0 Å². The van der Waals surface area contributed by atoms with Crippen molar-refractivity contribution in [1.82, 2.24) is 10.2 Å². The summed E-state index contributed by atoms with van der Waals surface area (Å²) in [5.41, 5.74) is -2.26. The average molecular weight is 488 g/mol. The molecular weight excluding hydrogens is 465 g/mol. The van der Waals surface area contributed by atoms with Crippen molar-refractivity contribution < 1.29 is 35.5 Å². The zero-order chi connectivity index (χ0) is 24.7. The van der Waals surface area contributed by atoms with Crippen molar-refractivity contribution in [3.05, 3.63) is 70.5 Å². The molecular formula is C24H23F7N2O. The van der Waals surface area contributed by atoms with Crippen LogP contribution in [0.25, 0.3) is 0 Å². The van der Waals surface area contributed by atoms with Crippen LogP contribution in [0, 0.1) is 11.7 Å². The number of rotatable bonds is 5. The van der Waals surface area contributed by atoms with E-state index in [1.807, 2.05) is 0 Å². The van der Waals surface area contributed by atoms with E-state index in [4.69, 9.17) is 0 Å². The van der Waals surface area contributed by atoms with Crippen molar-refractivity contribution in [1.29, 1.82) is 0 Å². The SMILES string of the molecule is O=C([C@H]1CCNC[C@H]1c1ccc(F)cc1)N(Cc1cc(C(F)(F)F)cc(C(F)(F)F)c1)C1CC1. The number of benzene rings is 2. The second kappa shape index (κ2) is 9.20. The highest BCUT2D eigenvalue weighted by molar-refractivity contribution is 5.81. The maximum atomic E-state index is 13.6. The van der Waals surface area contributed by atoms with E-state index in [2.05, 4.69) is 5.32 Å². The Bertz CT molecular complexity index is 997. The minimum Gasteiger partial charge on any atom is -0.335 e. The molecule has 1 saturated heterocycles. The van der Waals surface area contributed by atoms with Crippen molar-refractivity contribution in [2.45, 2.75) is 50.1 Å². The van der Waals surface area contributed by atoms with E-state index in [0.717, 1.165) is 5.56 Å². The maximum Gasteiger partial charge on any atom is 0.416 e. The van der Waals surface area contributed by atoms with E-state index < -0.39 is 35.2 Å². The van der Waals surface area contributed by atoms with Crippen LogP contribution in [0.15, 0.2) is 42.5 Å². The molecule has 0 unspecified atom stereocenters. The summed E-state index contributed by atoms with van der Waals surface area (Å²) in [7, 11) is 0. The first-order chi connectivity index (χ1) is 15.9. The van der Waals surface area contributed by atoms with Crippen LogP contribution in [0.4, 0.5) is 30.7 Å². The Morgan fingerprint density at radius 3 is 2.03 bits per heavy atom. The zero-order valence-electron chi connectivity index (χ0n) is 18.0. The van der Waals surface area contributed by atoms with E-state index >= 15 is 0 Å². The van der Waals surface area contributed by atoms with Crippen LogP contribution in [0.1, 0.15) is 47.4 Å². The smallest absolute Gasteiger partial charge is 0.335 e. The highest BCUT2D eigenvalue weighted by Crippen LogP contribution is 2.39. The third-order valence-corrected chi connectivity index (χ3v) is 6.37. The van der Waals surface area contributed by atoms with E-state index in [9.17, 15) is 35.5 Å². The van der Waals surface area contributed by atoms with Gasteiger partial charge in [0.05, 0.1) is 11.1 Å². The number of nitrogens with zero attached hydrogens (tertiary/aromatic N) is 1. The average Bonchev–Trinajstić information content (AvgIpc) is 3.61. The summed E-state index contributed by atoms with van der Waals surface area (Å²) < 4.78 is 93.1. The van der Waals surface area contributed by atoms with Crippen molar-refractivity contribution in [2.24, 2.45) is 5.92 Å². The van der Waals surface area contributed by atoms with Crippen LogP contribution in [0.2, 0.25) is 0 Å². The second-order valence-electron chi connectivity index (χ2n) is 8.87. The van der Waals surface area contributed by atoms with Crippen molar-refractivity contribution in [3.8, 4) is 0 Å². The molecule has 10 heteroatoms. The van der Waals surface area contributed by atoms with Gasteiger partial charge in [0.25, 0.3) is 0 Å². The Balaban J connectivity index is 1.63. The molecule has 4 rings (SSSR count). The number of piperidine rings is 1. The van der Waals surface area contributed by atoms with Crippen molar-refractivity contribution in [3.63, 3.8) is 0 Å². The Hall–Kier alpha value is -2.62. The molecule has 184 valence electrons. The fourth-order valence-electron chi connectivity index (χ4n) is 4.51. The molecule has 0 radical (unpaired) electrons. The fourth-order valence-corrected chi connectivity index (χ4v) is 4.51. The quantitative estimate of drug-likeness (QED) is 0.544. The topological polar surface area (TPSA) is 32.3 Å². The molecule has 1 aliphatic heterocycles. The molecule has 0 aromatic heterocycles. The van der Waals surface area contributed by atoms with Crippen LogP contribution in [0.5, 0.6) is 0 Å². The van der Waals surface area contributed by atoms with Crippen LogP contribution >= 0.6 is 0 Å². The van der Waals surface area contributed by atoms with Crippen LogP contribution < -0.4 is 5.32 Å². The van der Waals surface area contributed by atoms with Crippen LogP contribution in [-0.4, -0.2) is 29.9 Å². The maximum absolute atomic E-state index is 13.6. The van der Waals surface area contributed by atoms with Gasteiger partial charge in [-0.3, -0.25) is 4.79 Å². The number of nitrogens with one attached hydrogen (secondary N) is 1. The summed E-state index contributed by atoms with van der Waals surface area (Å²) in [4.78, 5) is 15.0. The number of halogens is 7. The molecule has 2 fully saturated rings. The fraction of sp³-hybridized carbons (Fsp3) is 0.458. The number of alkyl halides is 6. The van der Waals surface area contributed by atoms with E-state index in [1.54, 1.807) is 12.1 Å². The second-order valence-corrected chi connectivity index (χ2v) is 8.87. The van der Waals surface area contributed by atoms with Crippen molar-refractivity contribution >= 4 is 5.91 Å². The molecule has 0 bridgehead atoms. The van der Waals surface area contributed by atoms with E-state index in [0.29, 0.717) is 44.5 Å². The molecule has 1 aliphatic carbocycles. The summed E-state index contributed by atoms with van der Waals surface area (Å²) in [6.07, 6.45) is -8.16. The van der Waals surface area contributed by atoms with Gasteiger partial charge < -0.3 is 10.2 Å². The number of hydrogen-bond acceptors (Lipinski definition) is 2. The first-order valence-electron chi connectivity index (χ1n) is 11.0. The van der Waals surface area contributed by atoms with Gasteiger partial charge >= 0.3 is 12.4 Å². The highest BCUT2D eigenvalue weighted by atomic mass is 19.4. The monoisotopic (exact) mass is 488 g/mol. The lowest BCUT2D eigenvalue weighted by molar-refractivity contribution is -0.143. The largest absolute Gasteiger partial charge is 0.416 e. The predicted octanol–water partition coefficient (Wildman–Crippen LogP) is 5.75. The molecule has 1 N–H and O–H groups in total. The van der Waals surface area contributed by atoms with E-state index in [1.165, 1.54) is 17.0 Å². The summed E-state index contributed by atoms with van der Waals surface area (Å²) in [5.74, 6) is -1.51. The lowest BCUT2D eigenvalue weighted by atomic mass is 9.80. The van der Waals surface area contributed by atoms with Gasteiger partial charge in [-0.2, -0.15) is 26.3 Å². The number of amides is 1. The molecule has 34 heavy (non-hydrogen) atoms. The first-order valence-corrected chi connectivity index (χ1v) is 11.0. The van der Waals surface area contributed by atoms with Crippen LogP contribution in [-0.2, 0) is 23.7 Å². The van der Waals surface area contributed by atoms with Gasteiger partial charge in [0, 0.05) is 31.0 Å². The first kappa shape index (κ1) is 24.5. The molecule has 3 nitrogen and oxygen atoms in total. The third kappa shape index (κ3) is 5.54.